The molecule has 0 aliphatic heterocycles. The van der Waals surface area contributed by atoms with Crippen LogP contribution in [0.25, 0.3) is 0 Å². The summed E-state index contributed by atoms with van der Waals surface area (Å²) in [5, 5.41) is 4.19. The van der Waals surface area contributed by atoms with Gasteiger partial charge >= 0.3 is 0 Å². The van der Waals surface area contributed by atoms with Gasteiger partial charge in [-0.05, 0) is 24.3 Å². The van der Waals surface area contributed by atoms with Crippen molar-refractivity contribution in [2.24, 2.45) is 5.84 Å². The number of pyridine rings is 1. The number of ether oxygens (including phenoxy) is 1. The number of hydrogen-bond acceptors (Lipinski definition) is 5. The summed E-state index contributed by atoms with van der Waals surface area (Å²) in [6.07, 6.45) is 0. The van der Waals surface area contributed by atoms with E-state index in [-0.39, 0.29) is 0 Å². The highest BCUT2D eigenvalue weighted by molar-refractivity contribution is 6.37. The van der Waals surface area contributed by atoms with Gasteiger partial charge in [0.1, 0.15) is 5.75 Å². The number of nitrogens with zero attached hydrogens (tertiary/aromatic N) is 1. The van der Waals surface area contributed by atoms with E-state index in [1.54, 1.807) is 31.4 Å². The molecule has 0 atom stereocenters. The molecule has 2 aromatic rings. The lowest BCUT2D eigenvalue weighted by molar-refractivity contribution is 0.415. The predicted octanol–water partition coefficient (Wildman–Crippen LogP) is 4.08. The lowest BCUT2D eigenvalue weighted by Crippen LogP contribution is -2.10. The summed E-state index contributed by atoms with van der Waals surface area (Å²) in [5.41, 5.74) is 3.09. The van der Waals surface area contributed by atoms with Crippen LogP contribution in [0.2, 0.25) is 15.1 Å². The largest absolute Gasteiger partial charge is 0.495 e. The third-order valence-corrected chi connectivity index (χ3v) is 3.35. The van der Waals surface area contributed by atoms with Crippen LogP contribution in [0.3, 0.4) is 0 Å². The van der Waals surface area contributed by atoms with E-state index in [1.807, 2.05) is 0 Å². The number of nitrogens with one attached hydrogen (secondary N) is 2. The molecule has 8 heteroatoms. The number of nitrogen functional groups attached to an aromatic ring is 1. The molecule has 0 saturated heterocycles. The molecule has 0 amide bonds. The van der Waals surface area contributed by atoms with E-state index in [4.69, 9.17) is 45.4 Å². The van der Waals surface area contributed by atoms with Crippen LogP contribution in [0.4, 0.5) is 17.3 Å². The third-order valence-electron chi connectivity index (χ3n) is 2.48. The zero-order valence-corrected chi connectivity index (χ0v) is 12.6. The Labute approximate surface area is 131 Å². The van der Waals surface area contributed by atoms with Crippen molar-refractivity contribution in [3.8, 4) is 5.75 Å². The van der Waals surface area contributed by atoms with Crippen molar-refractivity contribution in [1.29, 1.82) is 0 Å². The van der Waals surface area contributed by atoms with Crippen LogP contribution in [-0.4, -0.2) is 12.1 Å². The van der Waals surface area contributed by atoms with E-state index in [1.165, 1.54) is 0 Å². The second-order valence-corrected chi connectivity index (χ2v) is 4.99. The Balaban J connectivity index is 2.32. The van der Waals surface area contributed by atoms with E-state index in [0.717, 1.165) is 0 Å². The minimum absolute atomic E-state index is 0.318. The fourth-order valence-electron chi connectivity index (χ4n) is 1.54. The average molecular weight is 334 g/mol. The SMILES string of the molecule is COc1ccc(Nc2nc(NN)c(Cl)cc2Cl)cc1Cl. The zero-order chi connectivity index (χ0) is 14.7. The number of anilines is 3. The molecular weight excluding hydrogens is 323 g/mol. The van der Waals surface area contributed by atoms with Crippen molar-refractivity contribution < 1.29 is 4.74 Å². The standard InChI is InChI=1S/C12H11Cl3N4O/c1-20-10-3-2-6(4-7(10)13)17-11-8(14)5-9(15)12(18-11)19-16/h2-5H,16H2,1H3,(H2,17,18,19). The Morgan fingerprint density at radius 3 is 2.35 bits per heavy atom. The topological polar surface area (TPSA) is 72.2 Å². The maximum absolute atomic E-state index is 6.07. The van der Waals surface area contributed by atoms with Gasteiger partial charge in [0.25, 0.3) is 0 Å². The molecule has 20 heavy (non-hydrogen) atoms. The van der Waals surface area contributed by atoms with Gasteiger partial charge in [-0.2, -0.15) is 0 Å². The van der Waals surface area contributed by atoms with Crippen molar-refractivity contribution in [1.82, 2.24) is 4.98 Å². The smallest absolute Gasteiger partial charge is 0.161 e. The Morgan fingerprint density at radius 1 is 1.05 bits per heavy atom. The van der Waals surface area contributed by atoms with Crippen LogP contribution in [-0.2, 0) is 0 Å². The number of hydrazine groups is 1. The summed E-state index contributed by atoms with van der Waals surface area (Å²) in [6.45, 7) is 0. The maximum Gasteiger partial charge on any atom is 0.161 e. The summed E-state index contributed by atoms with van der Waals surface area (Å²) in [7, 11) is 1.55. The number of hydrogen-bond donors (Lipinski definition) is 3. The minimum Gasteiger partial charge on any atom is -0.495 e. The van der Waals surface area contributed by atoms with Gasteiger partial charge in [-0.3, -0.25) is 0 Å². The molecule has 1 aromatic carbocycles. The number of rotatable bonds is 4. The van der Waals surface area contributed by atoms with Gasteiger partial charge in [0, 0.05) is 5.69 Å². The first kappa shape index (κ1) is 15.0. The van der Waals surface area contributed by atoms with Crippen molar-refractivity contribution in [2.45, 2.75) is 0 Å². The van der Waals surface area contributed by atoms with Crippen molar-refractivity contribution >= 4 is 52.1 Å². The lowest BCUT2D eigenvalue weighted by atomic mass is 10.3. The van der Waals surface area contributed by atoms with E-state index in [9.17, 15) is 0 Å². The highest BCUT2D eigenvalue weighted by Crippen LogP contribution is 2.33. The molecule has 0 aliphatic rings. The molecule has 2 rings (SSSR count). The van der Waals surface area contributed by atoms with Gasteiger partial charge in [0.2, 0.25) is 0 Å². The Hall–Kier alpha value is -1.40. The molecule has 0 unspecified atom stereocenters. The molecular formula is C12H11Cl3N4O. The highest BCUT2D eigenvalue weighted by atomic mass is 35.5. The summed E-state index contributed by atoms with van der Waals surface area (Å²) in [6, 6.07) is 6.75. The fourth-order valence-corrected chi connectivity index (χ4v) is 2.25. The molecule has 0 saturated carbocycles. The summed E-state index contributed by atoms with van der Waals surface area (Å²) >= 11 is 18.0. The fraction of sp³-hybridized carbons (Fsp3) is 0.0833. The normalized spacial score (nSPS) is 10.2. The highest BCUT2D eigenvalue weighted by Gasteiger charge is 2.10. The quantitative estimate of drug-likeness (QED) is 0.581. The Bertz CT molecular complexity index is 636. The van der Waals surface area contributed by atoms with Crippen LogP contribution in [0.15, 0.2) is 24.3 Å². The van der Waals surface area contributed by atoms with Gasteiger partial charge < -0.3 is 15.5 Å². The molecule has 0 fully saturated rings. The van der Waals surface area contributed by atoms with Crippen LogP contribution in [0.1, 0.15) is 0 Å². The van der Waals surface area contributed by atoms with Gasteiger partial charge in [-0.25, -0.2) is 10.8 Å². The Kier molecular flexibility index (Phi) is 4.77. The summed E-state index contributed by atoms with van der Waals surface area (Å²) in [4.78, 5) is 4.17. The van der Waals surface area contributed by atoms with Crippen LogP contribution >= 0.6 is 34.8 Å². The van der Waals surface area contributed by atoms with Crippen LogP contribution in [0.5, 0.6) is 5.75 Å². The summed E-state index contributed by atoms with van der Waals surface area (Å²) in [5.74, 6) is 6.63. The number of methoxy groups -OCH3 is 1. The number of benzene rings is 1. The monoisotopic (exact) mass is 332 g/mol. The Morgan fingerprint density at radius 2 is 1.75 bits per heavy atom. The van der Waals surface area contributed by atoms with Gasteiger partial charge in [0.15, 0.2) is 11.6 Å². The molecule has 1 aromatic heterocycles. The van der Waals surface area contributed by atoms with Crippen molar-refractivity contribution in [2.75, 3.05) is 17.9 Å². The molecule has 0 spiro atoms. The summed E-state index contributed by atoms with van der Waals surface area (Å²) < 4.78 is 5.08. The first-order chi connectivity index (χ1) is 9.55. The maximum atomic E-state index is 6.07. The first-order valence-electron chi connectivity index (χ1n) is 5.48. The lowest BCUT2D eigenvalue weighted by Gasteiger charge is -2.11. The molecule has 4 N–H and O–H groups in total. The first-order valence-corrected chi connectivity index (χ1v) is 6.61. The molecule has 5 nitrogen and oxygen atoms in total. The van der Waals surface area contributed by atoms with E-state index in [0.29, 0.717) is 38.1 Å². The van der Waals surface area contributed by atoms with Crippen LogP contribution in [0, 0.1) is 0 Å². The molecule has 0 aliphatic carbocycles. The zero-order valence-electron chi connectivity index (χ0n) is 10.4. The van der Waals surface area contributed by atoms with Crippen molar-refractivity contribution in [3.63, 3.8) is 0 Å². The molecule has 1 heterocycles. The molecule has 106 valence electrons. The van der Waals surface area contributed by atoms with Gasteiger partial charge in [-0.1, -0.05) is 34.8 Å². The van der Waals surface area contributed by atoms with Gasteiger partial charge in [0.05, 0.1) is 22.2 Å². The van der Waals surface area contributed by atoms with Crippen molar-refractivity contribution in [3.05, 3.63) is 39.3 Å². The minimum atomic E-state index is 0.318. The van der Waals surface area contributed by atoms with Gasteiger partial charge in [-0.15, -0.1) is 0 Å². The van der Waals surface area contributed by atoms with E-state index in [2.05, 4.69) is 15.7 Å². The van der Waals surface area contributed by atoms with Crippen LogP contribution < -0.4 is 21.3 Å². The number of nitrogens with two attached hydrogens (primary N) is 1. The number of aromatic nitrogens is 1. The molecule has 0 bridgehead atoms. The second-order valence-electron chi connectivity index (χ2n) is 3.77. The third kappa shape index (κ3) is 3.19. The average Bonchev–Trinajstić information content (AvgIpc) is 2.42. The second kappa shape index (κ2) is 6.37. The van der Waals surface area contributed by atoms with E-state index < -0.39 is 0 Å². The molecule has 0 radical (unpaired) electrons. The number of halogens is 3. The van der Waals surface area contributed by atoms with E-state index >= 15 is 0 Å². The predicted molar refractivity (Wildman–Crippen MR) is 83.4 cm³/mol.